The average molecular weight is 301 g/mol. The average Bonchev–Trinajstić information content (AvgIpc) is 3.06. The van der Waals surface area contributed by atoms with Gasteiger partial charge < -0.3 is 10.6 Å². The van der Waals surface area contributed by atoms with Gasteiger partial charge in [-0.05, 0) is 17.5 Å². The molecule has 0 saturated carbocycles. The number of amides is 1. The van der Waals surface area contributed by atoms with E-state index in [-0.39, 0.29) is 17.9 Å². The number of nitrogens with one attached hydrogen (secondary N) is 2. The molecule has 0 bridgehead atoms. The van der Waals surface area contributed by atoms with Gasteiger partial charge in [-0.25, -0.2) is 4.98 Å². The van der Waals surface area contributed by atoms with Crippen LogP contribution in [0.3, 0.4) is 0 Å². The van der Waals surface area contributed by atoms with Gasteiger partial charge in [-0.3, -0.25) is 4.79 Å². The summed E-state index contributed by atoms with van der Waals surface area (Å²) >= 11 is 1.63. The van der Waals surface area contributed by atoms with E-state index >= 15 is 0 Å². The van der Waals surface area contributed by atoms with E-state index in [1.807, 2.05) is 23.6 Å². The van der Waals surface area contributed by atoms with Crippen LogP contribution in [-0.4, -0.2) is 24.0 Å². The van der Waals surface area contributed by atoms with E-state index in [0.717, 1.165) is 23.5 Å². The van der Waals surface area contributed by atoms with Gasteiger partial charge in [0, 0.05) is 30.6 Å². The fraction of sp³-hybridized carbons (Fsp3) is 0.375. The first-order valence-corrected chi connectivity index (χ1v) is 8.12. The Hall–Kier alpha value is -1.72. The van der Waals surface area contributed by atoms with E-state index < -0.39 is 0 Å². The monoisotopic (exact) mass is 301 g/mol. The molecule has 3 rings (SSSR count). The van der Waals surface area contributed by atoms with E-state index in [1.54, 1.807) is 17.5 Å². The van der Waals surface area contributed by atoms with Crippen molar-refractivity contribution in [3.8, 4) is 0 Å². The van der Waals surface area contributed by atoms with Crippen LogP contribution in [0.2, 0.25) is 0 Å². The predicted octanol–water partition coefficient (Wildman–Crippen LogP) is 2.25. The van der Waals surface area contributed by atoms with Crippen LogP contribution in [0, 0.1) is 0 Å². The van der Waals surface area contributed by atoms with Gasteiger partial charge >= 0.3 is 0 Å². The van der Waals surface area contributed by atoms with Gasteiger partial charge in [0.05, 0.1) is 5.01 Å². The van der Waals surface area contributed by atoms with E-state index in [1.165, 1.54) is 5.56 Å². The molecule has 0 aliphatic carbocycles. The lowest BCUT2D eigenvalue weighted by atomic mass is 9.94. The lowest BCUT2D eigenvalue weighted by molar-refractivity contribution is -0.123. The minimum Gasteiger partial charge on any atom is -0.354 e. The number of carbonyl (C=O) groups excluding carboxylic acids is 1. The van der Waals surface area contributed by atoms with Crippen LogP contribution in [0.4, 0.5) is 0 Å². The highest BCUT2D eigenvalue weighted by atomic mass is 32.1. The molecule has 1 aliphatic rings. The minimum atomic E-state index is -0.238. The van der Waals surface area contributed by atoms with E-state index in [4.69, 9.17) is 0 Å². The lowest BCUT2D eigenvalue weighted by Crippen LogP contribution is -2.42. The maximum Gasteiger partial charge on any atom is 0.241 e. The van der Waals surface area contributed by atoms with E-state index in [2.05, 4.69) is 28.6 Å². The first kappa shape index (κ1) is 14.2. The van der Waals surface area contributed by atoms with Gasteiger partial charge in [0.15, 0.2) is 0 Å². The molecule has 1 aromatic carbocycles. The molecular formula is C16H19N3OS. The van der Waals surface area contributed by atoms with Gasteiger partial charge in [-0.1, -0.05) is 31.2 Å². The highest BCUT2D eigenvalue weighted by Crippen LogP contribution is 2.23. The molecule has 2 heterocycles. The summed E-state index contributed by atoms with van der Waals surface area (Å²) in [5.74, 6) is 0.290. The molecule has 2 atom stereocenters. The Kier molecular flexibility index (Phi) is 4.31. The van der Waals surface area contributed by atoms with E-state index in [0.29, 0.717) is 6.54 Å². The van der Waals surface area contributed by atoms with E-state index in [9.17, 15) is 4.79 Å². The molecular weight excluding hydrogens is 282 g/mol. The summed E-state index contributed by atoms with van der Waals surface area (Å²) in [6.07, 6.45) is 2.78. The maximum absolute atomic E-state index is 12.4. The Balaban J connectivity index is 1.64. The van der Waals surface area contributed by atoms with Crippen molar-refractivity contribution in [1.29, 1.82) is 0 Å². The van der Waals surface area contributed by atoms with Crippen LogP contribution >= 0.6 is 11.3 Å². The van der Waals surface area contributed by atoms with Gasteiger partial charge in [0.1, 0.15) is 6.04 Å². The molecule has 21 heavy (non-hydrogen) atoms. The molecule has 2 unspecified atom stereocenters. The molecule has 4 nitrogen and oxygen atoms in total. The molecule has 0 saturated heterocycles. The predicted molar refractivity (Wildman–Crippen MR) is 84.4 cm³/mol. The highest BCUT2D eigenvalue weighted by Gasteiger charge is 2.25. The number of benzene rings is 1. The highest BCUT2D eigenvalue weighted by molar-refractivity contribution is 7.09. The Morgan fingerprint density at radius 3 is 3.19 bits per heavy atom. The van der Waals surface area contributed by atoms with Crippen LogP contribution < -0.4 is 10.6 Å². The number of aromatic nitrogens is 1. The number of hydrogen-bond acceptors (Lipinski definition) is 4. The molecule has 0 spiro atoms. The molecule has 1 aromatic heterocycles. The summed E-state index contributed by atoms with van der Waals surface area (Å²) < 4.78 is 0. The second kappa shape index (κ2) is 6.37. The summed E-state index contributed by atoms with van der Waals surface area (Å²) in [6.45, 7) is 3.55. The number of rotatable bonds is 4. The lowest BCUT2D eigenvalue weighted by Gasteiger charge is -2.26. The normalized spacial score (nSPS) is 18.8. The quantitative estimate of drug-likeness (QED) is 0.910. The Morgan fingerprint density at radius 1 is 1.52 bits per heavy atom. The van der Waals surface area contributed by atoms with Crippen molar-refractivity contribution in [3.63, 3.8) is 0 Å². The minimum absolute atomic E-state index is 0.0468. The van der Waals surface area contributed by atoms with Gasteiger partial charge in [0.2, 0.25) is 5.91 Å². The Morgan fingerprint density at radius 2 is 2.38 bits per heavy atom. The third kappa shape index (κ3) is 3.14. The topological polar surface area (TPSA) is 54.0 Å². The van der Waals surface area contributed by atoms with Crippen molar-refractivity contribution in [1.82, 2.24) is 15.6 Å². The van der Waals surface area contributed by atoms with Crippen LogP contribution in [-0.2, 0) is 11.2 Å². The zero-order valence-electron chi connectivity index (χ0n) is 12.0. The van der Waals surface area contributed by atoms with Gasteiger partial charge in [-0.15, -0.1) is 11.3 Å². The van der Waals surface area contributed by atoms with Crippen molar-refractivity contribution >= 4 is 17.2 Å². The smallest absolute Gasteiger partial charge is 0.241 e. The summed E-state index contributed by atoms with van der Waals surface area (Å²) in [6, 6.07) is 7.93. The SMILES string of the molecule is CC(CNC(=O)C1NCCc2ccccc21)c1nccs1. The first-order chi connectivity index (χ1) is 10.3. The number of thiazole rings is 1. The van der Waals surface area contributed by atoms with Crippen molar-refractivity contribution in [2.24, 2.45) is 0 Å². The summed E-state index contributed by atoms with van der Waals surface area (Å²) in [5, 5.41) is 9.38. The molecule has 1 amide bonds. The van der Waals surface area contributed by atoms with Crippen molar-refractivity contribution in [2.45, 2.75) is 25.3 Å². The van der Waals surface area contributed by atoms with Crippen molar-refractivity contribution in [3.05, 3.63) is 52.0 Å². The molecule has 110 valence electrons. The second-order valence-corrected chi connectivity index (χ2v) is 6.28. The van der Waals surface area contributed by atoms with Crippen LogP contribution in [0.5, 0.6) is 0 Å². The fourth-order valence-corrected chi connectivity index (χ4v) is 3.36. The Bertz CT molecular complexity index is 612. The van der Waals surface area contributed by atoms with Crippen molar-refractivity contribution < 1.29 is 4.79 Å². The second-order valence-electron chi connectivity index (χ2n) is 5.35. The third-order valence-electron chi connectivity index (χ3n) is 3.83. The van der Waals surface area contributed by atoms with Gasteiger partial charge in [0.25, 0.3) is 0 Å². The molecule has 2 aromatic rings. The largest absolute Gasteiger partial charge is 0.354 e. The van der Waals surface area contributed by atoms with Gasteiger partial charge in [-0.2, -0.15) is 0 Å². The molecule has 1 aliphatic heterocycles. The molecule has 2 N–H and O–H groups in total. The number of fused-ring (bicyclic) bond motifs is 1. The van der Waals surface area contributed by atoms with Crippen LogP contribution in [0.25, 0.3) is 0 Å². The number of carbonyl (C=O) groups is 1. The number of nitrogens with zero attached hydrogens (tertiary/aromatic N) is 1. The Labute approximate surface area is 128 Å². The van der Waals surface area contributed by atoms with Crippen molar-refractivity contribution in [2.75, 3.05) is 13.1 Å². The summed E-state index contributed by atoms with van der Waals surface area (Å²) in [7, 11) is 0. The zero-order chi connectivity index (χ0) is 14.7. The fourth-order valence-electron chi connectivity index (χ4n) is 2.66. The number of hydrogen-bond donors (Lipinski definition) is 2. The molecule has 0 fully saturated rings. The summed E-state index contributed by atoms with van der Waals surface area (Å²) in [4.78, 5) is 16.7. The summed E-state index contributed by atoms with van der Waals surface area (Å²) in [5.41, 5.74) is 2.37. The van der Waals surface area contributed by atoms with Crippen LogP contribution in [0.1, 0.15) is 35.0 Å². The molecule has 5 heteroatoms. The zero-order valence-corrected chi connectivity index (χ0v) is 12.8. The maximum atomic E-state index is 12.4. The standard InChI is InChI=1S/C16H19N3OS/c1-11(16-18-8-9-21-16)10-19-15(20)14-13-5-3-2-4-12(13)6-7-17-14/h2-5,8-9,11,14,17H,6-7,10H2,1H3,(H,19,20). The van der Waals surface area contributed by atoms with Crippen LogP contribution in [0.15, 0.2) is 35.8 Å². The molecule has 0 radical (unpaired) electrons. The first-order valence-electron chi connectivity index (χ1n) is 7.24. The third-order valence-corrected chi connectivity index (χ3v) is 4.83.